The van der Waals surface area contributed by atoms with Crippen molar-refractivity contribution in [2.45, 2.75) is 19.3 Å². The molecule has 108 valence electrons. The maximum absolute atomic E-state index is 12.0. The third-order valence-electron chi connectivity index (χ3n) is 3.53. The monoisotopic (exact) mass is 279 g/mol. The van der Waals surface area contributed by atoms with Gasteiger partial charge in [-0.1, -0.05) is 0 Å². The van der Waals surface area contributed by atoms with Gasteiger partial charge in [-0.25, -0.2) is 0 Å². The summed E-state index contributed by atoms with van der Waals surface area (Å²) >= 11 is 0. The summed E-state index contributed by atoms with van der Waals surface area (Å²) in [4.78, 5) is 22.6. The molecule has 1 atom stereocenters. The lowest BCUT2D eigenvalue weighted by Gasteiger charge is -2.11. The average molecular weight is 279 g/mol. The van der Waals surface area contributed by atoms with Crippen molar-refractivity contribution in [1.29, 1.82) is 0 Å². The molecule has 1 aromatic rings. The van der Waals surface area contributed by atoms with Gasteiger partial charge in [-0.15, -0.1) is 0 Å². The summed E-state index contributed by atoms with van der Waals surface area (Å²) in [6.07, 6.45) is 1.75. The Morgan fingerprint density at radius 3 is 2.90 bits per heavy atom. The molecule has 1 amide bonds. The van der Waals surface area contributed by atoms with Crippen LogP contribution in [0.2, 0.25) is 0 Å². The largest absolute Gasteiger partial charge is 0.490 e. The minimum Gasteiger partial charge on any atom is -0.490 e. The highest BCUT2D eigenvalue weighted by molar-refractivity contribution is 5.95. The number of nitrogens with one attached hydrogen (secondary N) is 1. The topological polar surface area (TPSA) is 107 Å². The van der Waals surface area contributed by atoms with Gasteiger partial charge in [-0.05, 0) is 31.9 Å². The maximum atomic E-state index is 12.0. The fourth-order valence-corrected chi connectivity index (χ4v) is 2.51. The number of nitrogens with zero attached hydrogens (tertiary/aromatic N) is 1. The van der Waals surface area contributed by atoms with Gasteiger partial charge in [0.1, 0.15) is 0 Å². The average Bonchev–Trinajstić information content (AvgIpc) is 2.57. The van der Waals surface area contributed by atoms with Gasteiger partial charge in [0.25, 0.3) is 0 Å². The van der Waals surface area contributed by atoms with Gasteiger partial charge in [0.15, 0.2) is 0 Å². The molecule has 1 unspecified atom stereocenters. The number of nitro benzene ring substituents is 1. The Morgan fingerprint density at radius 2 is 2.30 bits per heavy atom. The number of methoxy groups -OCH3 is 1. The molecule has 0 bridgehead atoms. The molecular formula is C13H17N3O4. The predicted octanol–water partition coefficient (Wildman–Crippen LogP) is 1.45. The first-order chi connectivity index (χ1) is 9.58. The zero-order chi connectivity index (χ0) is 14.7. The number of carbonyl (C=O) groups excluding carboxylic acids is 1. The fourth-order valence-electron chi connectivity index (χ4n) is 2.51. The number of ether oxygens (including phenoxy) is 1. The van der Waals surface area contributed by atoms with Gasteiger partial charge in [-0.3, -0.25) is 14.9 Å². The molecule has 0 saturated heterocycles. The van der Waals surface area contributed by atoms with Crippen LogP contribution in [0.5, 0.6) is 5.75 Å². The van der Waals surface area contributed by atoms with Crippen LogP contribution in [0, 0.1) is 16.0 Å². The summed E-state index contributed by atoms with van der Waals surface area (Å²) in [5.41, 5.74) is 6.67. The molecule has 1 aliphatic heterocycles. The van der Waals surface area contributed by atoms with Crippen LogP contribution < -0.4 is 15.8 Å². The number of hydrogen-bond acceptors (Lipinski definition) is 5. The first-order valence-electron chi connectivity index (χ1n) is 6.43. The Labute approximate surface area is 116 Å². The van der Waals surface area contributed by atoms with Crippen molar-refractivity contribution < 1.29 is 14.5 Å². The molecule has 0 saturated carbocycles. The van der Waals surface area contributed by atoms with Gasteiger partial charge < -0.3 is 15.8 Å². The quantitative estimate of drug-likeness (QED) is 0.640. The van der Waals surface area contributed by atoms with Crippen molar-refractivity contribution in [1.82, 2.24) is 0 Å². The third kappa shape index (κ3) is 2.57. The van der Waals surface area contributed by atoms with Crippen molar-refractivity contribution in [2.24, 2.45) is 11.7 Å². The van der Waals surface area contributed by atoms with Crippen molar-refractivity contribution in [2.75, 3.05) is 19.0 Å². The van der Waals surface area contributed by atoms with E-state index in [1.165, 1.54) is 13.2 Å². The van der Waals surface area contributed by atoms with Crippen molar-refractivity contribution in [3.63, 3.8) is 0 Å². The van der Waals surface area contributed by atoms with Crippen LogP contribution in [-0.2, 0) is 11.2 Å². The van der Waals surface area contributed by atoms with E-state index >= 15 is 0 Å². The van der Waals surface area contributed by atoms with E-state index < -0.39 is 4.92 Å². The highest BCUT2D eigenvalue weighted by Gasteiger charge is 2.28. The molecule has 0 spiro atoms. The second-order valence-electron chi connectivity index (χ2n) is 4.70. The lowest BCUT2D eigenvalue weighted by atomic mass is 9.97. The van der Waals surface area contributed by atoms with Crippen LogP contribution in [0.4, 0.5) is 11.4 Å². The smallest absolute Gasteiger partial charge is 0.311 e. The number of amides is 1. The molecule has 1 aromatic carbocycles. The van der Waals surface area contributed by atoms with E-state index in [0.717, 1.165) is 0 Å². The van der Waals surface area contributed by atoms with Gasteiger partial charge in [0.05, 0.1) is 12.0 Å². The molecular weight excluding hydrogens is 262 g/mol. The van der Waals surface area contributed by atoms with E-state index in [4.69, 9.17) is 10.5 Å². The lowest BCUT2D eigenvalue weighted by molar-refractivity contribution is -0.385. The molecule has 1 heterocycles. The minimum atomic E-state index is -0.483. The summed E-state index contributed by atoms with van der Waals surface area (Å²) in [6, 6.07) is 2.90. The van der Waals surface area contributed by atoms with Crippen molar-refractivity contribution in [3.05, 3.63) is 27.8 Å². The Kier molecular flexibility index (Phi) is 4.19. The van der Waals surface area contributed by atoms with Crippen LogP contribution in [0.25, 0.3) is 0 Å². The summed E-state index contributed by atoms with van der Waals surface area (Å²) in [5.74, 6) is -0.0394. The molecule has 20 heavy (non-hydrogen) atoms. The Balaban J connectivity index is 2.42. The summed E-state index contributed by atoms with van der Waals surface area (Å²) in [7, 11) is 1.40. The van der Waals surface area contributed by atoms with E-state index in [1.54, 1.807) is 6.07 Å². The highest BCUT2D eigenvalue weighted by atomic mass is 16.6. The molecule has 7 heteroatoms. The van der Waals surface area contributed by atoms with Crippen LogP contribution in [0.15, 0.2) is 12.1 Å². The molecule has 0 aromatic heterocycles. The van der Waals surface area contributed by atoms with Crippen molar-refractivity contribution in [3.8, 4) is 5.75 Å². The summed E-state index contributed by atoms with van der Waals surface area (Å²) < 4.78 is 5.17. The molecule has 0 radical (unpaired) electrons. The predicted molar refractivity (Wildman–Crippen MR) is 73.8 cm³/mol. The highest BCUT2D eigenvalue weighted by Crippen LogP contribution is 2.39. The number of hydrogen-bond donors (Lipinski definition) is 2. The molecule has 3 N–H and O–H groups in total. The fraction of sp³-hybridized carbons (Fsp3) is 0.462. The number of benzene rings is 1. The van der Waals surface area contributed by atoms with E-state index in [0.29, 0.717) is 37.1 Å². The normalized spacial score (nSPS) is 17.9. The van der Waals surface area contributed by atoms with E-state index in [9.17, 15) is 14.9 Å². The Bertz CT molecular complexity index is 545. The molecule has 0 aliphatic carbocycles. The first-order valence-corrected chi connectivity index (χ1v) is 6.43. The number of nitro groups is 1. The molecule has 0 fully saturated rings. The van der Waals surface area contributed by atoms with Crippen LogP contribution in [-0.4, -0.2) is 24.5 Å². The van der Waals surface area contributed by atoms with Gasteiger partial charge >= 0.3 is 5.69 Å². The standard InChI is InChI=1S/C13H17N3O4/c1-20-12-9-3-2-8(6-7-14)13(17)15-10(9)4-5-11(12)16(18)19/h4-5,8H,2-3,6-7,14H2,1H3,(H,15,17). The second-order valence-corrected chi connectivity index (χ2v) is 4.70. The Morgan fingerprint density at radius 1 is 1.55 bits per heavy atom. The molecule has 2 rings (SSSR count). The van der Waals surface area contributed by atoms with E-state index in [2.05, 4.69) is 5.32 Å². The number of rotatable bonds is 4. The first kappa shape index (κ1) is 14.3. The SMILES string of the molecule is COc1c([N+](=O)[O-])ccc2c1CCC(CCN)C(=O)N2. The van der Waals surface area contributed by atoms with Gasteiger partial charge in [0, 0.05) is 23.2 Å². The zero-order valence-electron chi connectivity index (χ0n) is 11.2. The Hall–Kier alpha value is -2.15. The van der Waals surface area contributed by atoms with Crippen LogP contribution in [0.1, 0.15) is 18.4 Å². The third-order valence-corrected chi connectivity index (χ3v) is 3.53. The number of nitrogens with two attached hydrogens (primary N) is 1. The number of carbonyl (C=O) groups is 1. The van der Waals surface area contributed by atoms with E-state index in [-0.39, 0.29) is 23.3 Å². The summed E-state index contributed by atoms with van der Waals surface area (Å²) in [6.45, 7) is 0.436. The maximum Gasteiger partial charge on any atom is 0.311 e. The molecule has 1 aliphatic rings. The molecule has 7 nitrogen and oxygen atoms in total. The number of anilines is 1. The lowest BCUT2D eigenvalue weighted by Crippen LogP contribution is -2.23. The van der Waals surface area contributed by atoms with E-state index in [1.807, 2.05) is 0 Å². The van der Waals surface area contributed by atoms with Gasteiger partial charge in [-0.2, -0.15) is 0 Å². The summed E-state index contributed by atoms with van der Waals surface area (Å²) in [5, 5.41) is 13.8. The zero-order valence-corrected chi connectivity index (χ0v) is 11.2. The van der Waals surface area contributed by atoms with Gasteiger partial charge in [0.2, 0.25) is 11.7 Å². The van der Waals surface area contributed by atoms with Crippen molar-refractivity contribution >= 4 is 17.3 Å². The van der Waals surface area contributed by atoms with Crippen LogP contribution in [0.3, 0.4) is 0 Å². The number of fused-ring (bicyclic) bond motifs is 1. The second kappa shape index (κ2) is 5.87. The van der Waals surface area contributed by atoms with Crippen LogP contribution >= 0.6 is 0 Å². The minimum absolute atomic E-state index is 0.0854.